The van der Waals surface area contributed by atoms with Gasteiger partial charge in [0, 0.05) is 6.42 Å². The van der Waals surface area contributed by atoms with Crippen molar-refractivity contribution < 1.29 is 14.6 Å². The predicted molar refractivity (Wildman–Crippen MR) is 51.1 cm³/mol. The van der Waals surface area contributed by atoms with Gasteiger partial charge < -0.3 is 0 Å². The minimum atomic E-state index is -0.246. The summed E-state index contributed by atoms with van der Waals surface area (Å²) in [6, 6.07) is 0. The summed E-state index contributed by atoms with van der Waals surface area (Å²) in [6.07, 6.45) is 5.54. The Kier molecular flexibility index (Phi) is 9.10. The molecule has 0 aromatic carbocycles. The molecule has 0 fully saturated rings. The standard InChI is InChI=1S/C10H20O3/c1-3-5-7-8-10(11)13-12-9-6-4-2/h3-9H2,1-2H3. The molecule has 0 amide bonds. The van der Waals surface area contributed by atoms with Crippen LogP contribution in [0.5, 0.6) is 0 Å². The van der Waals surface area contributed by atoms with Crippen LogP contribution in [0.1, 0.15) is 52.4 Å². The maximum atomic E-state index is 10.9. The monoisotopic (exact) mass is 188 g/mol. The smallest absolute Gasteiger partial charge is 0.298 e. The average Bonchev–Trinajstić information content (AvgIpc) is 2.13. The predicted octanol–water partition coefficient (Wildman–Crippen LogP) is 2.84. The van der Waals surface area contributed by atoms with Gasteiger partial charge in [0.1, 0.15) is 0 Å². The molecular formula is C10H20O3. The van der Waals surface area contributed by atoms with Crippen molar-refractivity contribution in [2.75, 3.05) is 6.61 Å². The van der Waals surface area contributed by atoms with Gasteiger partial charge in [0.05, 0.1) is 6.61 Å². The molecule has 0 N–H and O–H groups in total. The molecular weight excluding hydrogens is 168 g/mol. The van der Waals surface area contributed by atoms with E-state index in [1.807, 2.05) is 0 Å². The van der Waals surface area contributed by atoms with E-state index in [1.54, 1.807) is 0 Å². The fraction of sp³-hybridized carbons (Fsp3) is 0.900. The molecule has 0 bridgehead atoms. The molecule has 0 aliphatic heterocycles. The third-order valence-corrected chi connectivity index (χ3v) is 1.72. The van der Waals surface area contributed by atoms with Crippen molar-refractivity contribution in [2.24, 2.45) is 0 Å². The molecule has 0 heterocycles. The van der Waals surface area contributed by atoms with Crippen LogP contribution in [-0.4, -0.2) is 12.6 Å². The van der Waals surface area contributed by atoms with E-state index >= 15 is 0 Å². The minimum absolute atomic E-state index is 0.246. The van der Waals surface area contributed by atoms with Gasteiger partial charge in [0.15, 0.2) is 0 Å². The summed E-state index contributed by atoms with van der Waals surface area (Å²) in [5, 5.41) is 0. The Labute approximate surface area is 80.3 Å². The van der Waals surface area contributed by atoms with Crippen LogP contribution in [0.4, 0.5) is 0 Å². The van der Waals surface area contributed by atoms with E-state index in [0.29, 0.717) is 13.0 Å². The fourth-order valence-electron chi connectivity index (χ4n) is 0.872. The molecule has 0 rings (SSSR count). The first-order valence-corrected chi connectivity index (χ1v) is 5.13. The van der Waals surface area contributed by atoms with Crippen molar-refractivity contribution in [1.82, 2.24) is 0 Å². The Morgan fingerprint density at radius 1 is 1.08 bits per heavy atom. The maximum Gasteiger partial charge on any atom is 0.342 e. The Balaban J connectivity index is 3.11. The highest BCUT2D eigenvalue weighted by Gasteiger charge is 2.02. The summed E-state index contributed by atoms with van der Waals surface area (Å²) in [6.45, 7) is 4.67. The molecule has 0 radical (unpaired) electrons. The van der Waals surface area contributed by atoms with Crippen LogP contribution in [0.15, 0.2) is 0 Å². The van der Waals surface area contributed by atoms with Gasteiger partial charge in [-0.25, -0.2) is 4.79 Å². The normalized spacial score (nSPS) is 10.0. The molecule has 0 spiro atoms. The van der Waals surface area contributed by atoms with Crippen molar-refractivity contribution in [3.63, 3.8) is 0 Å². The second-order valence-electron chi connectivity index (χ2n) is 3.09. The molecule has 0 aliphatic carbocycles. The second-order valence-corrected chi connectivity index (χ2v) is 3.09. The summed E-state index contributed by atoms with van der Waals surface area (Å²) in [5.41, 5.74) is 0. The third kappa shape index (κ3) is 9.34. The van der Waals surface area contributed by atoms with Gasteiger partial charge >= 0.3 is 5.97 Å². The van der Waals surface area contributed by atoms with E-state index < -0.39 is 0 Å². The molecule has 0 saturated carbocycles. The summed E-state index contributed by atoms with van der Waals surface area (Å²) >= 11 is 0. The molecule has 3 heteroatoms. The lowest BCUT2D eigenvalue weighted by molar-refractivity contribution is -0.272. The lowest BCUT2D eigenvalue weighted by Crippen LogP contribution is -2.05. The molecule has 0 unspecified atom stereocenters. The maximum absolute atomic E-state index is 10.9. The number of hydrogen-bond acceptors (Lipinski definition) is 3. The molecule has 3 nitrogen and oxygen atoms in total. The minimum Gasteiger partial charge on any atom is -0.298 e. The Hall–Kier alpha value is -0.570. The first kappa shape index (κ1) is 12.4. The van der Waals surface area contributed by atoms with E-state index in [9.17, 15) is 4.79 Å². The summed E-state index contributed by atoms with van der Waals surface area (Å²) in [4.78, 5) is 20.2. The highest BCUT2D eigenvalue weighted by atomic mass is 17.2. The summed E-state index contributed by atoms with van der Waals surface area (Å²) in [7, 11) is 0. The SMILES string of the molecule is CCCCCC(=O)OOCCCC. The van der Waals surface area contributed by atoms with Gasteiger partial charge in [-0.3, -0.25) is 4.89 Å². The zero-order valence-electron chi connectivity index (χ0n) is 8.67. The van der Waals surface area contributed by atoms with Gasteiger partial charge in [-0.2, -0.15) is 4.89 Å². The van der Waals surface area contributed by atoms with Crippen molar-refractivity contribution in [3.8, 4) is 0 Å². The van der Waals surface area contributed by atoms with Gasteiger partial charge in [0.2, 0.25) is 0 Å². The van der Waals surface area contributed by atoms with Crippen LogP contribution in [0.3, 0.4) is 0 Å². The van der Waals surface area contributed by atoms with Gasteiger partial charge in [-0.1, -0.05) is 33.1 Å². The lowest BCUT2D eigenvalue weighted by atomic mass is 10.2. The topological polar surface area (TPSA) is 35.5 Å². The number of rotatable bonds is 8. The highest BCUT2D eigenvalue weighted by Crippen LogP contribution is 2.01. The number of carbonyl (C=O) groups excluding carboxylic acids is 1. The van der Waals surface area contributed by atoms with Crippen LogP contribution in [0.2, 0.25) is 0 Å². The molecule has 0 aromatic heterocycles. The fourth-order valence-corrected chi connectivity index (χ4v) is 0.872. The zero-order valence-corrected chi connectivity index (χ0v) is 8.67. The lowest BCUT2D eigenvalue weighted by Gasteiger charge is -2.01. The highest BCUT2D eigenvalue weighted by molar-refractivity contribution is 5.68. The van der Waals surface area contributed by atoms with Crippen molar-refractivity contribution in [2.45, 2.75) is 52.4 Å². The molecule has 78 valence electrons. The molecule has 0 saturated heterocycles. The first-order valence-electron chi connectivity index (χ1n) is 5.13. The summed E-state index contributed by atoms with van der Waals surface area (Å²) < 4.78 is 0. The van der Waals surface area contributed by atoms with Gasteiger partial charge in [-0.05, 0) is 12.8 Å². The van der Waals surface area contributed by atoms with Gasteiger partial charge in [0.25, 0.3) is 0 Å². The molecule has 0 aromatic rings. The average molecular weight is 188 g/mol. The van der Waals surface area contributed by atoms with E-state index in [2.05, 4.69) is 18.7 Å². The molecule has 0 atom stereocenters. The number of hydrogen-bond donors (Lipinski definition) is 0. The van der Waals surface area contributed by atoms with E-state index in [4.69, 9.17) is 4.89 Å². The Morgan fingerprint density at radius 3 is 2.38 bits per heavy atom. The van der Waals surface area contributed by atoms with Crippen LogP contribution in [0.25, 0.3) is 0 Å². The summed E-state index contributed by atoms with van der Waals surface area (Å²) in [5.74, 6) is -0.246. The molecule has 13 heavy (non-hydrogen) atoms. The molecule has 0 aliphatic rings. The zero-order chi connectivity index (χ0) is 9.94. The van der Waals surface area contributed by atoms with Crippen LogP contribution in [-0.2, 0) is 14.6 Å². The van der Waals surface area contributed by atoms with Crippen molar-refractivity contribution in [1.29, 1.82) is 0 Å². The number of carbonyl (C=O) groups is 1. The van der Waals surface area contributed by atoms with Crippen molar-refractivity contribution in [3.05, 3.63) is 0 Å². The van der Waals surface area contributed by atoms with Crippen LogP contribution >= 0.6 is 0 Å². The first-order chi connectivity index (χ1) is 6.31. The van der Waals surface area contributed by atoms with Gasteiger partial charge in [-0.15, -0.1) is 0 Å². The Morgan fingerprint density at radius 2 is 1.77 bits per heavy atom. The van der Waals surface area contributed by atoms with E-state index in [-0.39, 0.29) is 5.97 Å². The third-order valence-electron chi connectivity index (χ3n) is 1.72. The van der Waals surface area contributed by atoms with E-state index in [1.165, 1.54) is 0 Å². The second kappa shape index (κ2) is 9.52. The van der Waals surface area contributed by atoms with E-state index in [0.717, 1.165) is 32.1 Å². The van der Waals surface area contributed by atoms with Crippen LogP contribution < -0.4 is 0 Å². The van der Waals surface area contributed by atoms with Crippen molar-refractivity contribution >= 4 is 5.97 Å². The largest absolute Gasteiger partial charge is 0.342 e. The Bertz CT molecular complexity index is 123. The quantitative estimate of drug-likeness (QED) is 0.334. The number of unbranched alkanes of at least 4 members (excludes halogenated alkanes) is 3. The van der Waals surface area contributed by atoms with Crippen LogP contribution in [0, 0.1) is 0 Å².